The molecule has 1 N–H and O–H groups in total. The SMILES string of the molecule is COc1ccc(C(=O)NC(c2ccccc2)c2ccncc2)cn1. The summed E-state index contributed by atoms with van der Waals surface area (Å²) in [6.07, 6.45) is 4.93. The first-order chi connectivity index (χ1) is 11.8. The number of rotatable bonds is 5. The van der Waals surface area contributed by atoms with E-state index in [0.717, 1.165) is 11.1 Å². The molecule has 1 unspecified atom stereocenters. The highest BCUT2D eigenvalue weighted by Crippen LogP contribution is 2.22. The van der Waals surface area contributed by atoms with Crippen molar-refractivity contribution in [2.24, 2.45) is 0 Å². The number of aromatic nitrogens is 2. The van der Waals surface area contributed by atoms with Crippen LogP contribution in [0.4, 0.5) is 0 Å². The lowest BCUT2D eigenvalue weighted by Crippen LogP contribution is -2.29. The van der Waals surface area contributed by atoms with E-state index in [1.54, 1.807) is 24.5 Å². The van der Waals surface area contributed by atoms with Crippen molar-refractivity contribution in [1.29, 1.82) is 0 Å². The fourth-order valence-electron chi connectivity index (χ4n) is 2.41. The standard InChI is InChI=1S/C19H17N3O2/c1-24-17-8-7-16(13-21-17)19(23)22-18(14-5-3-2-4-6-14)15-9-11-20-12-10-15/h2-13,18H,1H3,(H,22,23). The van der Waals surface area contributed by atoms with Crippen molar-refractivity contribution < 1.29 is 9.53 Å². The first-order valence-electron chi connectivity index (χ1n) is 7.53. The molecule has 2 heterocycles. The smallest absolute Gasteiger partial charge is 0.253 e. The number of nitrogens with zero attached hydrogens (tertiary/aromatic N) is 2. The quantitative estimate of drug-likeness (QED) is 0.785. The maximum atomic E-state index is 12.6. The molecule has 24 heavy (non-hydrogen) atoms. The fraction of sp³-hybridized carbons (Fsp3) is 0.105. The van der Waals surface area contributed by atoms with E-state index in [9.17, 15) is 4.79 Å². The first kappa shape index (κ1) is 15.7. The van der Waals surface area contributed by atoms with E-state index in [-0.39, 0.29) is 11.9 Å². The largest absolute Gasteiger partial charge is 0.481 e. The van der Waals surface area contributed by atoms with Crippen molar-refractivity contribution in [1.82, 2.24) is 15.3 Å². The van der Waals surface area contributed by atoms with Crippen LogP contribution < -0.4 is 10.1 Å². The van der Waals surface area contributed by atoms with E-state index >= 15 is 0 Å². The van der Waals surface area contributed by atoms with Gasteiger partial charge in [0.2, 0.25) is 5.88 Å². The molecule has 5 heteroatoms. The highest BCUT2D eigenvalue weighted by Gasteiger charge is 2.17. The van der Waals surface area contributed by atoms with Gasteiger partial charge in [0.15, 0.2) is 0 Å². The van der Waals surface area contributed by atoms with E-state index in [1.807, 2.05) is 42.5 Å². The third kappa shape index (κ3) is 3.57. The van der Waals surface area contributed by atoms with Crippen LogP contribution in [0.5, 0.6) is 5.88 Å². The Morgan fingerprint density at radius 3 is 2.33 bits per heavy atom. The van der Waals surface area contributed by atoms with Gasteiger partial charge in [-0.25, -0.2) is 4.98 Å². The lowest BCUT2D eigenvalue weighted by Gasteiger charge is -2.19. The highest BCUT2D eigenvalue weighted by atomic mass is 16.5. The molecule has 0 aliphatic heterocycles. The van der Waals surface area contributed by atoms with E-state index < -0.39 is 0 Å². The summed E-state index contributed by atoms with van der Waals surface area (Å²) in [6, 6.07) is 16.7. The molecule has 0 fully saturated rings. The fourth-order valence-corrected chi connectivity index (χ4v) is 2.41. The van der Waals surface area contributed by atoms with Crippen LogP contribution in [-0.2, 0) is 0 Å². The average Bonchev–Trinajstić information content (AvgIpc) is 2.67. The number of carbonyl (C=O) groups is 1. The summed E-state index contributed by atoms with van der Waals surface area (Å²) in [6.45, 7) is 0. The summed E-state index contributed by atoms with van der Waals surface area (Å²) in [5.41, 5.74) is 2.44. The van der Waals surface area contributed by atoms with Gasteiger partial charge in [0.1, 0.15) is 0 Å². The molecular formula is C19H17N3O2. The summed E-state index contributed by atoms with van der Waals surface area (Å²) in [4.78, 5) is 20.7. The summed E-state index contributed by atoms with van der Waals surface area (Å²) in [7, 11) is 1.54. The van der Waals surface area contributed by atoms with Crippen molar-refractivity contribution in [3.63, 3.8) is 0 Å². The lowest BCUT2D eigenvalue weighted by atomic mass is 9.99. The van der Waals surface area contributed by atoms with Crippen LogP contribution in [0.3, 0.4) is 0 Å². The monoisotopic (exact) mass is 319 g/mol. The summed E-state index contributed by atoms with van der Waals surface area (Å²) in [5, 5.41) is 3.06. The number of ether oxygens (including phenoxy) is 1. The van der Waals surface area contributed by atoms with Gasteiger partial charge < -0.3 is 10.1 Å². The van der Waals surface area contributed by atoms with Crippen molar-refractivity contribution in [3.8, 4) is 5.88 Å². The van der Waals surface area contributed by atoms with Gasteiger partial charge in [0, 0.05) is 24.7 Å². The summed E-state index contributed by atoms with van der Waals surface area (Å²) >= 11 is 0. The Bertz CT molecular complexity index is 750. The second kappa shape index (κ2) is 7.37. The number of methoxy groups -OCH3 is 1. The molecule has 0 bridgehead atoms. The Kier molecular flexibility index (Phi) is 4.81. The van der Waals surface area contributed by atoms with Gasteiger partial charge >= 0.3 is 0 Å². The van der Waals surface area contributed by atoms with Gasteiger partial charge in [-0.3, -0.25) is 9.78 Å². The Hall–Kier alpha value is -3.21. The molecule has 3 aromatic rings. The van der Waals surface area contributed by atoms with Crippen LogP contribution in [0, 0.1) is 0 Å². The second-order valence-corrected chi connectivity index (χ2v) is 5.19. The lowest BCUT2D eigenvalue weighted by molar-refractivity contribution is 0.0942. The van der Waals surface area contributed by atoms with Gasteiger partial charge in [0.05, 0.1) is 18.7 Å². The molecule has 5 nitrogen and oxygen atoms in total. The highest BCUT2D eigenvalue weighted by molar-refractivity contribution is 5.94. The predicted octanol–water partition coefficient (Wildman–Crippen LogP) is 3.00. The zero-order valence-corrected chi connectivity index (χ0v) is 13.2. The van der Waals surface area contributed by atoms with E-state index in [1.165, 1.54) is 13.3 Å². The van der Waals surface area contributed by atoms with Crippen molar-refractivity contribution in [2.45, 2.75) is 6.04 Å². The minimum atomic E-state index is -0.260. The van der Waals surface area contributed by atoms with Crippen molar-refractivity contribution >= 4 is 5.91 Å². The van der Waals surface area contributed by atoms with Gasteiger partial charge in [-0.2, -0.15) is 0 Å². The third-order valence-corrected chi connectivity index (χ3v) is 3.66. The Labute approximate surface area is 140 Å². The second-order valence-electron chi connectivity index (χ2n) is 5.19. The van der Waals surface area contributed by atoms with Crippen LogP contribution in [-0.4, -0.2) is 23.0 Å². The van der Waals surface area contributed by atoms with E-state index in [4.69, 9.17) is 4.74 Å². The number of pyridine rings is 2. The van der Waals surface area contributed by atoms with Crippen LogP contribution in [0.15, 0.2) is 73.2 Å². The molecule has 3 rings (SSSR count). The van der Waals surface area contributed by atoms with Crippen molar-refractivity contribution in [3.05, 3.63) is 89.9 Å². The number of amides is 1. The molecule has 0 saturated carbocycles. The normalized spacial score (nSPS) is 11.5. The molecule has 1 atom stereocenters. The molecule has 0 saturated heterocycles. The summed E-state index contributed by atoms with van der Waals surface area (Å²) < 4.78 is 5.02. The maximum Gasteiger partial charge on any atom is 0.253 e. The van der Waals surface area contributed by atoms with Crippen LogP contribution in [0.1, 0.15) is 27.5 Å². The molecule has 0 spiro atoms. The molecule has 0 aliphatic rings. The maximum absolute atomic E-state index is 12.6. The van der Waals surface area contributed by atoms with E-state index in [2.05, 4.69) is 15.3 Å². The van der Waals surface area contributed by atoms with Gasteiger partial charge in [0.25, 0.3) is 5.91 Å². The van der Waals surface area contributed by atoms with Crippen molar-refractivity contribution in [2.75, 3.05) is 7.11 Å². The number of hydrogen-bond acceptors (Lipinski definition) is 4. The Morgan fingerprint density at radius 1 is 1.00 bits per heavy atom. The molecule has 1 aromatic carbocycles. The molecule has 2 aromatic heterocycles. The topological polar surface area (TPSA) is 64.1 Å². The predicted molar refractivity (Wildman–Crippen MR) is 90.8 cm³/mol. The van der Waals surface area contributed by atoms with Crippen LogP contribution >= 0.6 is 0 Å². The number of hydrogen-bond donors (Lipinski definition) is 1. The average molecular weight is 319 g/mol. The van der Waals surface area contributed by atoms with Crippen LogP contribution in [0.2, 0.25) is 0 Å². The molecule has 0 aliphatic carbocycles. The molecule has 120 valence electrons. The molecular weight excluding hydrogens is 302 g/mol. The zero-order valence-electron chi connectivity index (χ0n) is 13.2. The van der Waals surface area contributed by atoms with Gasteiger partial charge in [-0.05, 0) is 29.3 Å². The number of nitrogens with one attached hydrogen (secondary N) is 1. The molecule has 1 amide bonds. The Morgan fingerprint density at radius 2 is 1.71 bits per heavy atom. The van der Waals surface area contributed by atoms with Crippen LogP contribution in [0.25, 0.3) is 0 Å². The minimum Gasteiger partial charge on any atom is -0.481 e. The minimum absolute atomic E-state index is 0.198. The molecule has 0 radical (unpaired) electrons. The number of carbonyl (C=O) groups excluding carboxylic acids is 1. The van der Waals surface area contributed by atoms with Gasteiger partial charge in [-0.15, -0.1) is 0 Å². The van der Waals surface area contributed by atoms with E-state index in [0.29, 0.717) is 11.4 Å². The Balaban J connectivity index is 1.87. The zero-order chi connectivity index (χ0) is 16.8. The number of benzene rings is 1. The first-order valence-corrected chi connectivity index (χ1v) is 7.53. The van der Waals surface area contributed by atoms with Gasteiger partial charge in [-0.1, -0.05) is 30.3 Å². The summed E-state index contributed by atoms with van der Waals surface area (Å²) in [5.74, 6) is 0.274. The third-order valence-electron chi connectivity index (χ3n) is 3.66.